The van der Waals surface area contributed by atoms with Gasteiger partial charge in [0, 0.05) is 11.6 Å². The molecule has 0 aromatic heterocycles. The van der Waals surface area contributed by atoms with E-state index in [4.69, 9.17) is 11.6 Å². The zero-order valence-corrected chi connectivity index (χ0v) is 7.64. The lowest BCUT2D eigenvalue weighted by molar-refractivity contribution is -0.108. The summed E-state index contributed by atoms with van der Waals surface area (Å²) < 4.78 is 0. The zero-order valence-electron chi connectivity index (χ0n) is 6.88. The Morgan fingerprint density at radius 2 is 2.31 bits per heavy atom. The molecule has 68 valence electrons. The van der Waals surface area contributed by atoms with Gasteiger partial charge in [-0.2, -0.15) is 0 Å². The first-order valence-electron chi connectivity index (χ1n) is 4.05. The predicted molar refractivity (Wildman–Crippen MR) is 53.4 cm³/mol. The summed E-state index contributed by atoms with van der Waals surface area (Å²) in [6.07, 6.45) is 0.893. The average molecular weight is 197 g/mol. The first kappa shape index (κ1) is 8.38. The predicted octanol–water partition coefficient (Wildman–Crippen LogP) is 1.74. The Balaban J connectivity index is 2.31. The first-order chi connectivity index (χ1) is 6.29. The summed E-state index contributed by atoms with van der Waals surface area (Å²) in [5, 5.41) is 6.90. The number of hydrogen-bond donors (Lipinski definition) is 2. The second-order valence-electron chi connectivity index (χ2n) is 2.96. The van der Waals surface area contributed by atoms with E-state index in [0.29, 0.717) is 11.6 Å². The molecule has 1 atom stereocenters. The summed E-state index contributed by atoms with van der Waals surface area (Å²) in [5.41, 5.74) is 1.87. The van der Waals surface area contributed by atoms with Gasteiger partial charge in [0.25, 0.3) is 0 Å². The van der Waals surface area contributed by atoms with Gasteiger partial charge in [-0.15, -0.1) is 0 Å². The fraction of sp³-hybridized carbons (Fsp3) is 0.222. The molecule has 2 rings (SSSR count). The van der Waals surface area contributed by atoms with Gasteiger partial charge in [0.1, 0.15) is 6.29 Å². The Labute approximate surface area is 81.1 Å². The van der Waals surface area contributed by atoms with Crippen molar-refractivity contribution in [2.75, 3.05) is 17.2 Å². The number of hydrogen-bond acceptors (Lipinski definition) is 3. The Bertz CT molecular complexity index is 340. The molecule has 4 heteroatoms. The lowest BCUT2D eigenvalue weighted by Crippen LogP contribution is -2.33. The minimum atomic E-state index is -0.145. The molecule has 0 radical (unpaired) electrons. The highest BCUT2D eigenvalue weighted by Crippen LogP contribution is 2.28. The summed E-state index contributed by atoms with van der Waals surface area (Å²) in [6.45, 7) is 0.608. The second-order valence-corrected chi connectivity index (χ2v) is 3.39. The van der Waals surface area contributed by atoms with Crippen LogP contribution in [-0.4, -0.2) is 18.9 Å². The molecule has 0 bridgehead atoms. The molecule has 2 N–H and O–H groups in total. The molecule has 0 amide bonds. The number of benzene rings is 1. The van der Waals surface area contributed by atoms with Gasteiger partial charge in [-0.25, -0.2) is 0 Å². The molecule has 1 heterocycles. The highest BCUT2D eigenvalue weighted by Gasteiger charge is 2.15. The summed E-state index contributed by atoms with van der Waals surface area (Å²) in [4.78, 5) is 10.5. The largest absolute Gasteiger partial charge is 0.381 e. The molecule has 1 aromatic carbocycles. The highest BCUT2D eigenvalue weighted by atomic mass is 35.5. The molecule has 0 saturated carbocycles. The summed E-state index contributed by atoms with van der Waals surface area (Å²) >= 11 is 5.81. The van der Waals surface area contributed by atoms with Gasteiger partial charge in [0.05, 0.1) is 17.4 Å². The van der Waals surface area contributed by atoms with E-state index in [-0.39, 0.29) is 6.04 Å². The van der Waals surface area contributed by atoms with E-state index in [1.807, 2.05) is 12.1 Å². The molecule has 0 saturated heterocycles. The van der Waals surface area contributed by atoms with Crippen LogP contribution in [0.15, 0.2) is 18.2 Å². The number of nitrogens with one attached hydrogen (secondary N) is 2. The Hall–Kier alpha value is -1.22. The average Bonchev–Trinajstić information content (AvgIpc) is 2.17. The van der Waals surface area contributed by atoms with Crippen molar-refractivity contribution in [3.05, 3.63) is 23.2 Å². The molecule has 0 aliphatic carbocycles. The van der Waals surface area contributed by atoms with Crippen molar-refractivity contribution in [1.82, 2.24) is 0 Å². The van der Waals surface area contributed by atoms with Crippen LogP contribution in [0.3, 0.4) is 0 Å². The SMILES string of the molecule is O=CC1CNc2cc(Cl)ccc2N1. The third-order valence-electron chi connectivity index (χ3n) is 2.00. The van der Waals surface area contributed by atoms with Gasteiger partial charge >= 0.3 is 0 Å². The molecular weight excluding hydrogens is 188 g/mol. The van der Waals surface area contributed by atoms with E-state index in [0.717, 1.165) is 17.7 Å². The van der Waals surface area contributed by atoms with Crippen molar-refractivity contribution in [2.45, 2.75) is 6.04 Å². The summed E-state index contributed by atoms with van der Waals surface area (Å²) in [7, 11) is 0. The topological polar surface area (TPSA) is 41.1 Å². The maximum absolute atomic E-state index is 10.5. The molecule has 1 aliphatic rings. The van der Waals surface area contributed by atoms with E-state index in [1.54, 1.807) is 6.07 Å². The highest BCUT2D eigenvalue weighted by molar-refractivity contribution is 6.31. The van der Waals surface area contributed by atoms with E-state index < -0.39 is 0 Å². The number of rotatable bonds is 1. The van der Waals surface area contributed by atoms with Crippen LogP contribution in [0.2, 0.25) is 5.02 Å². The zero-order chi connectivity index (χ0) is 9.26. The van der Waals surface area contributed by atoms with Crippen molar-refractivity contribution in [3.63, 3.8) is 0 Å². The summed E-state index contributed by atoms with van der Waals surface area (Å²) in [5.74, 6) is 0. The van der Waals surface area contributed by atoms with Crippen LogP contribution in [-0.2, 0) is 4.79 Å². The maximum Gasteiger partial charge on any atom is 0.144 e. The van der Waals surface area contributed by atoms with E-state index in [9.17, 15) is 4.79 Å². The fourth-order valence-electron chi connectivity index (χ4n) is 1.34. The number of carbonyl (C=O) groups excluding carboxylic acids is 1. The molecule has 1 unspecified atom stereocenters. The molecular formula is C9H9ClN2O. The van der Waals surface area contributed by atoms with Gasteiger partial charge in [0.2, 0.25) is 0 Å². The summed E-state index contributed by atoms with van der Waals surface area (Å²) in [6, 6.07) is 5.35. The normalized spacial score (nSPS) is 19.6. The van der Waals surface area contributed by atoms with Gasteiger partial charge in [-0.05, 0) is 18.2 Å². The van der Waals surface area contributed by atoms with Crippen LogP contribution in [0.1, 0.15) is 0 Å². The first-order valence-corrected chi connectivity index (χ1v) is 4.42. The number of carbonyl (C=O) groups is 1. The Morgan fingerprint density at radius 3 is 3.08 bits per heavy atom. The second kappa shape index (κ2) is 3.26. The lowest BCUT2D eigenvalue weighted by atomic mass is 10.2. The van der Waals surface area contributed by atoms with Crippen LogP contribution >= 0.6 is 11.6 Å². The number of halogens is 1. The monoisotopic (exact) mass is 196 g/mol. The minimum Gasteiger partial charge on any atom is -0.381 e. The molecule has 0 fully saturated rings. The van der Waals surface area contributed by atoms with Gasteiger partial charge in [-0.3, -0.25) is 0 Å². The van der Waals surface area contributed by atoms with Crippen LogP contribution < -0.4 is 10.6 Å². The Morgan fingerprint density at radius 1 is 1.46 bits per heavy atom. The van der Waals surface area contributed by atoms with E-state index in [2.05, 4.69) is 10.6 Å². The minimum absolute atomic E-state index is 0.145. The van der Waals surface area contributed by atoms with Crippen molar-refractivity contribution >= 4 is 29.3 Å². The third-order valence-corrected chi connectivity index (χ3v) is 2.23. The number of aldehydes is 1. The van der Waals surface area contributed by atoms with Gasteiger partial charge < -0.3 is 15.4 Å². The van der Waals surface area contributed by atoms with Crippen LogP contribution in [0, 0.1) is 0 Å². The fourth-order valence-corrected chi connectivity index (χ4v) is 1.51. The van der Waals surface area contributed by atoms with Gasteiger partial charge in [0.15, 0.2) is 0 Å². The molecule has 13 heavy (non-hydrogen) atoms. The lowest BCUT2D eigenvalue weighted by Gasteiger charge is -2.24. The number of fused-ring (bicyclic) bond motifs is 1. The maximum atomic E-state index is 10.5. The van der Waals surface area contributed by atoms with Crippen molar-refractivity contribution in [2.24, 2.45) is 0 Å². The van der Waals surface area contributed by atoms with Crippen molar-refractivity contribution in [3.8, 4) is 0 Å². The number of anilines is 2. The van der Waals surface area contributed by atoms with Crippen LogP contribution in [0.25, 0.3) is 0 Å². The molecule has 3 nitrogen and oxygen atoms in total. The van der Waals surface area contributed by atoms with Crippen LogP contribution in [0.4, 0.5) is 11.4 Å². The molecule has 0 spiro atoms. The Kier molecular flexibility index (Phi) is 2.10. The van der Waals surface area contributed by atoms with Gasteiger partial charge in [-0.1, -0.05) is 11.6 Å². The smallest absolute Gasteiger partial charge is 0.144 e. The quantitative estimate of drug-likeness (QED) is 0.673. The van der Waals surface area contributed by atoms with Crippen molar-refractivity contribution in [1.29, 1.82) is 0 Å². The van der Waals surface area contributed by atoms with Crippen LogP contribution in [0.5, 0.6) is 0 Å². The molecule has 1 aliphatic heterocycles. The standard InChI is InChI=1S/C9H9ClN2O/c10-6-1-2-8-9(3-6)11-4-7(5-13)12-8/h1-3,5,7,11-12H,4H2. The van der Waals surface area contributed by atoms with Crippen molar-refractivity contribution < 1.29 is 4.79 Å². The third kappa shape index (κ3) is 1.60. The van der Waals surface area contributed by atoms with E-state index >= 15 is 0 Å². The molecule has 1 aromatic rings. The van der Waals surface area contributed by atoms with E-state index in [1.165, 1.54) is 0 Å².